The van der Waals surface area contributed by atoms with E-state index in [4.69, 9.17) is 0 Å². The summed E-state index contributed by atoms with van der Waals surface area (Å²) in [5, 5.41) is 11.7. The summed E-state index contributed by atoms with van der Waals surface area (Å²) in [6.07, 6.45) is 18.7. The van der Waals surface area contributed by atoms with E-state index in [0.717, 1.165) is 19.3 Å². The van der Waals surface area contributed by atoms with Gasteiger partial charge in [0.2, 0.25) is 0 Å². The van der Waals surface area contributed by atoms with Crippen LogP contribution in [0.15, 0.2) is 12.1 Å². The maximum absolute atomic E-state index is 11.7. The van der Waals surface area contributed by atoms with Crippen LogP contribution in [-0.2, 0) is 17.3 Å². The highest BCUT2D eigenvalue weighted by Crippen LogP contribution is 2.45. The molecule has 2 unspecified atom stereocenters. The lowest BCUT2D eigenvalue weighted by atomic mass is 9.70. The number of hydrogen-bond acceptors (Lipinski definition) is 1. The molecule has 2 atom stereocenters. The van der Waals surface area contributed by atoms with Crippen molar-refractivity contribution in [1.82, 2.24) is 0 Å². The molecule has 0 aliphatic heterocycles. The Bertz CT molecular complexity index is 697. The minimum Gasteiger partial charge on any atom is -0.507 e. The first kappa shape index (κ1) is 31.1. The molecule has 1 heteroatoms. The molecule has 0 aliphatic carbocycles. The molecule has 0 aromatic heterocycles. The van der Waals surface area contributed by atoms with E-state index in [1.54, 1.807) is 0 Å². The molecule has 0 saturated heterocycles. The highest BCUT2D eigenvalue weighted by molar-refractivity contribution is 5.49. The predicted octanol–water partition coefficient (Wildman–Crippen LogP) is 11.0. The number of benzene rings is 1. The Labute approximate surface area is 214 Å². The molecule has 1 N–H and O–H groups in total. The van der Waals surface area contributed by atoms with Crippen molar-refractivity contribution < 1.29 is 5.11 Å². The van der Waals surface area contributed by atoms with E-state index < -0.39 is 0 Å². The average Bonchev–Trinajstić information content (AvgIpc) is 2.77. The van der Waals surface area contributed by atoms with Crippen LogP contribution in [0.25, 0.3) is 0 Å². The van der Waals surface area contributed by atoms with E-state index in [2.05, 4.69) is 74.4 Å². The SMILES string of the molecule is CCCCCCCC(C)(CC)Cc1cc(C(C)(C)C)cc(C(C)(CCC)CCCCCC)c1O. The summed E-state index contributed by atoms with van der Waals surface area (Å²) in [6, 6.07) is 4.70. The summed E-state index contributed by atoms with van der Waals surface area (Å²) in [7, 11) is 0. The number of aromatic hydroxyl groups is 1. The van der Waals surface area contributed by atoms with Crippen molar-refractivity contribution in [1.29, 1.82) is 0 Å². The van der Waals surface area contributed by atoms with E-state index in [1.807, 2.05) is 0 Å². The molecule has 0 bridgehead atoms. The fraction of sp³-hybridized carbons (Fsp3) is 0.818. The third-order valence-electron chi connectivity index (χ3n) is 8.44. The average molecular weight is 473 g/mol. The van der Waals surface area contributed by atoms with E-state index >= 15 is 0 Å². The van der Waals surface area contributed by atoms with Crippen LogP contribution in [0.5, 0.6) is 5.75 Å². The molecule has 1 aromatic rings. The number of phenols is 1. The molecule has 1 nitrogen and oxygen atoms in total. The third kappa shape index (κ3) is 9.58. The van der Waals surface area contributed by atoms with Gasteiger partial charge in [0, 0.05) is 5.56 Å². The second-order valence-electron chi connectivity index (χ2n) is 12.9. The van der Waals surface area contributed by atoms with E-state index in [9.17, 15) is 5.11 Å². The lowest BCUT2D eigenvalue weighted by Gasteiger charge is -2.35. The summed E-state index contributed by atoms with van der Waals surface area (Å²) in [5.74, 6) is 0.602. The van der Waals surface area contributed by atoms with Crippen molar-refractivity contribution in [2.45, 2.75) is 169 Å². The number of unbranched alkanes of at least 4 members (excludes halogenated alkanes) is 7. The molecule has 1 aromatic carbocycles. The third-order valence-corrected chi connectivity index (χ3v) is 8.44. The van der Waals surface area contributed by atoms with Crippen LogP contribution < -0.4 is 0 Å². The molecule has 198 valence electrons. The Kier molecular flexibility index (Phi) is 13.3. The zero-order chi connectivity index (χ0) is 25.8. The van der Waals surface area contributed by atoms with Crippen molar-refractivity contribution in [3.05, 3.63) is 28.8 Å². The molecule has 0 saturated carbocycles. The first-order valence-corrected chi connectivity index (χ1v) is 14.8. The summed E-state index contributed by atoms with van der Waals surface area (Å²) in [4.78, 5) is 0. The Morgan fingerprint density at radius 3 is 1.74 bits per heavy atom. The van der Waals surface area contributed by atoms with Gasteiger partial charge in [-0.3, -0.25) is 0 Å². The molecule has 0 spiro atoms. The summed E-state index contributed by atoms with van der Waals surface area (Å²) in [6.45, 7) is 21.0. The van der Waals surface area contributed by atoms with Gasteiger partial charge in [-0.25, -0.2) is 0 Å². The van der Waals surface area contributed by atoms with Gasteiger partial charge in [-0.15, -0.1) is 0 Å². The van der Waals surface area contributed by atoms with Crippen LogP contribution in [0.2, 0.25) is 0 Å². The molecule has 0 aliphatic rings. The molecule has 1 rings (SSSR count). The van der Waals surface area contributed by atoms with Crippen LogP contribution in [0.4, 0.5) is 0 Å². The Balaban J connectivity index is 3.34. The van der Waals surface area contributed by atoms with Crippen molar-refractivity contribution >= 4 is 0 Å². The smallest absolute Gasteiger partial charge is 0.122 e. The first-order chi connectivity index (χ1) is 16.0. The summed E-state index contributed by atoms with van der Waals surface area (Å²) < 4.78 is 0. The van der Waals surface area contributed by atoms with Crippen molar-refractivity contribution in [3.63, 3.8) is 0 Å². The van der Waals surface area contributed by atoms with Crippen LogP contribution in [0.3, 0.4) is 0 Å². The summed E-state index contributed by atoms with van der Waals surface area (Å²) >= 11 is 0. The number of hydrogen-bond donors (Lipinski definition) is 1. The standard InChI is InChI=1S/C33H60O/c1-10-14-16-18-19-22-32(8,13-4)26-27-24-28(31(5,6)7)25-29(30(27)34)33(9,21-12-3)23-20-17-15-11-2/h24-25,34H,10-23,26H2,1-9H3. The van der Waals surface area contributed by atoms with Crippen LogP contribution >= 0.6 is 0 Å². The van der Waals surface area contributed by atoms with Gasteiger partial charge >= 0.3 is 0 Å². The lowest BCUT2D eigenvalue weighted by molar-refractivity contribution is 0.265. The van der Waals surface area contributed by atoms with Gasteiger partial charge in [0.1, 0.15) is 5.75 Å². The Morgan fingerprint density at radius 1 is 0.647 bits per heavy atom. The monoisotopic (exact) mass is 472 g/mol. The second-order valence-corrected chi connectivity index (χ2v) is 12.9. The van der Waals surface area contributed by atoms with Gasteiger partial charge in [-0.1, -0.05) is 145 Å². The largest absolute Gasteiger partial charge is 0.507 e. The molecule has 0 fully saturated rings. The van der Waals surface area contributed by atoms with E-state index in [-0.39, 0.29) is 16.2 Å². The van der Waals surface area contributed by atoms with Crippen molar-refractivity contribution in [3.8, 4) is 5.75 Å². The van der Waals surface area contributed by atoms with Crippen LogP contribution in [0.1, 0.15) is 169 Å². The van der Waals surface area contributed by atoms with Crippen LogP contribution in [0, 0.1) is 5.41 Å². The fourth-order valence-corrected chi connectivity index (χ4v) is 5.62. The normalized spacial score (nSPS) is 15.8. The fourth-order valence-electron chi connectivity index (χ4n) is 5.62. The zero-order valence-electron chi connectivity index (χ0n) is 24.7. The van der Waals surface area contributed by atoms with Crippen molar-refractivity contribution in [2.24, 2.45) is 5.41 Å². The van der Waals surface area contributed by atoms with E-state index in [1.165, 1.54) is 93.7 Å². The zero-order valence-corrected chi connectivity index (χ0v) is 24.7. The van der Waals surface area contributed by atoms with E-state index in [0.29, 0.717) is 5.75 Å². The minimum atomic E-state index is 0.0470. The van der Waals surface area contributed by atoms with Crippen LogP contribution in [-0.4, -0.2) is 5.11 Å². The van der Waals surface area contributed by atoms with Gasteiger partial charge in [-0.05, 0) is 53.1 Å². The maximum Gasteiger partial charge on any atom is 0.122 e. The highest BCUT2D eigenvalue weighted by atomic mass is 16.3. The first-order valence-electron chi connectivity index (χ1n) is 14.8. The second kappa shape index (κ2) is 14.5. The summed E-state index contributed by atoms with van der Waals surface area (Å²) in [5.41, 5.74) is 4.17. The Hall–Kier alpha value is -0.980. The van der Waals surface area contributed by atoms with Crippen molar-refractivity contribution in [2.75, 3.05) is 0 Å². The van der Waals surface area contributed by atoms with Gasteiger partial charge in [0.15, 0.2) is 0 Å². The molecule has 0 amide bonds. The van der Waals surface area contributed by atoms with Gasteiger partial charge < -0.3 is 5.11 Å². The highest BCUT2D eigenvalue weighted by Gasteiger charge is 2.33. The molecule has 34 heavy (non-hydrogen) atoms. The number of rotatable bonds is 17. The topological polar surface area (TPSA) is 20.2 Å². The molecule has 0 heterocycles. The molecular weight excluding hydrogens is 412 g/mol. The van der Waals surface area contributed by atoms with Gasteiger partial charge in [0.25, 0.3) is 0 Å². The molecular formula is C33H60O. The Morgan fingerprint density at radius 2 is 1.21 bits per heavy atom. The number of phenolic OH excluding ortho intramolecular Hbond substituents is 1. The predicted molar refractivity (Wildman–Crippen MR) is 153 cm³/mol. The van der Waals surface area contributed by atoms with Gasteiger partial charge in [-0.2, -0.15) is 0 Å². The molecule has 0 radical (unpaired) electrons. The minimum absolute atomic E-state index is 0.0470. The van der Waals surface area contributed by atoms with Gasteiger partial charge in [0.05, 0.1) is 0 Å². The lowest BCUT2D eigenvalue weighted by Crippen LogP contribution is -2.25. The maximum atomic E-state index is 11.7. The quantitative estimate of drug-likeness (QED) is 0.223.